The van der Waals surface area contributed by atoms with Crippen LogP contribution in [0.1, 0.15) is 55.0 Å². The third kappa shape index (κ3) is 4.87. The van der Waals surface area contributed by atoms with Gasteiger partial charge in [-0.3, -0.25) is 9.59 Å². The first-order valence-corrected chi connectivity index (χ1v) is 11.8. The van der Waals surface area contributed by atoms with Crippen molar-refractivity contribution in [1.82, 2.24) is 10.2 Å². The molecule has 166 valence electrons. The van der Waals surface area contributed by atoms with Gasteiger partial charge in [-0.15, -0.1) is 11.3 Å². The van der Waals surface area contributed by atoms with Crippen LogP contribution in [0.4, 0.5) is 0 Å². The number of ether oxygens (including phenoxy) is 2. The summed E-state index contributed by atoms with van der Waals surface area (Å²) in [5.74, 6) is 0.901. The molecule has 0 saturated heterocycles. The van der Waals surface area contributed by atoms with Gasteiger partial charge in [-0.2, -0.15) is 0 Å². The Morgan fingerprint density at radius 3 is 2.48 bits per heavy atom. The molecular formula is C24H30N2O4S. The Hall–Kier alpha value is -2.54. The van der Waals surface area contributed by atoms with E-state index in [1.54, 1.807) is 30.5 Å². The van der Waals surface area contributed by atoms with E-state index in [-0.39, 0.29) is 23.9 Å². The number of thiophene rings is 1. The fraction of sp³-hybridized carbons (Fsp3) is 0.500. The van der Waals surface area contributed by atoms with E-state index in [1.165, 1.54) is 0 Å². The quantitative estimate of drug-likeness (QED) is 0.635. The van der Waals surface area contributed by atoms with Crippen LogP contribution in [0, 0.1) is 0 Å². The molecule has 7 heteroatoms. The predicted octanol–water partition coefficient (Wildman–Crippen LogP) is 4.10. The van der Waals surface area contributed by atoms with Crippen molar-refractivity contribution >= 4 is 23.2 Å². The number of nitrogens with one attached hydrogen (secondary N) is 1. The van der Waals surface area contributed by atoms with Crippen LogP contribution >= 0.6 is 11.3 Å². The Morgan fingerprint density at radius 1 is 1.10 bits per heavy atom. The van der Waals surface area contributed by atoms with E-state index < -0.39 is 6.04 Å². The predicted molar refractivity (Wildman–Crippen MR) is 121 cm³/mol. The molecule has 0 radical (unpaired) electrons. The first-order chi connectivity index (χ1) is 15.1. The molecule has 0 spiro atoms. The zero-order chi connectivity index (χ0) is 21.8. The number of hydrogen-bond donors (Lipinski definition) is 1. The van der Waals surface area contributed by atoms with Crippen LogP contribution < -0.4 is 14.8 Å². The summed E-state index contributed by atoms with van der Waals surface area (Å²) in [5, 5.41) is 5.19. The van der Waals surface area contributed by atoms with Crippen LogP contribution in [0.15, 0.2) is 35.7 Å². The summed E-state index contributed by atoms with van der Waals surface area (Å²) in [6.07, 6.45) is 6.35. The lowest BCUT2D eigenvalue weighted by Gasteiger charge is -2.33. The smallest absolute Gasteiger partial charge is 0.247 e. The molecule has 0 aliphatic heterocycles. The van der Waals surface area contributed by atoms with E-state index in [9.17, 15) is 9.59 Å². The van der Waals surface area contributed by atoms with Crippen LogP contribution in [0.2, 0.25) is 0 Å². The minimum Gasteiger partial charge on any atom is -0.493 e. The molecule has 2 fully saturated rings. The molecule has 31 heavy (non-hydrogen) atoms. The second-order valence-electron chi connectivity index (χ2n) is 8.26. The maximum atomic E-state index is 13.6. The maximum Gasteiger partial charge on any atom is 0.247 e. The molecule has 4 rings (SSSR count). The number of para-hydroxylation sites is 1. The van der Waals surface area contributed by atoms with Gasteiger partial charge in [0.25, 0.3) is 0 Å². The van der Waals surface area contributed by atoms with Gasteiger partial charge in [0.15, 0.2) is 11.5 Å². The molecule has 2 amide bonds. The first kappa shape index (κ1) is 21.7. The van der Waals surface area contributed by atoms with Crippen LogP contribution in [-0.4, -0.2) is 43.0 Å². The van der Waals surface area contributed by atoms with Gasteiger partial charge >= 0.3 is 0 Å². The average Bonchev–Trinajstić information content (AvgIpc) is 3.22. The number of hydrogen-bond acceptors (Lipinski definition) is 5. The third-order valence-corrected chi connectivity index (χ3v) is 6.97. The third-order valence-electron chi connectivity index (χ3n) is 6.09. The van der Waals surface area contributed by atoms with Gasteiger partial charge in [0.05, 0.1) is 20.6 Å². The molecule has 2 aliphatic carbocycles. The highest BCUT2D eigenvalue weighted by molar-refractivity contribution is 7.10. The summed E-state index contributed by atoms with van der Waals surface area (Å²) in [6, 6.07) is 8.93. The Morgan fingerprint density at radius 2 is 1.87 bits per heavy atom. The highest BCUT2D eigenvalue weighted by Crippen LogP contribution is 2.42. The van der Waals surface area contributed by atoms with Gasteiger partial charge in [0, 0.05) is 22.5 Å². The van der Waals surface area contributed by atoms with Gasteiger partial charge in [0.2, 0.25) is 11.8 Å². The fourth-order valence-electron chi connectivity index (χ4n) is 4.46. The first-order valence-electron chi connectivity index (χ1n) is 11.0. The number of methoxy groups -OCH3 is 2. The second kappa shape index (κ2) is 9.73. The van der Waals surface area contributed by atoms with Crippen molar-refractivity contribution < 1.29 is 19.1 Å². The standard InChI is InChI=1S/C24H30N2O4S/c1-29-20-11-5-10-19(23(20)30-2)22(24(28)25-16-7-3-4-8-16)26(17-12-13-17)21(27)15-18-9-6-14-31-18/h5-6,9-11,14,16-17,22H,3-4,7-8,12-13,15H2,1-2H3,(H,25,28)/t22-/m0/s1. The van der Waals surface area contributed by atoms with Crippen molar-refractivity contribution in [1.29, 1.82) is 0 Å². The minimum atomic E-state index is -0.745. The summed E-state index contributed by atoms with van der Waals surface area (Å²) in [6.45, 7) is 0. The van der Waals surface area contributed by atoms with E-state index in [2.05, 4.69) is 5.32 Å². The molecule has 0 bridgehead atoms. The lowest BCUT2D eigenvalue weighted by Crippen LogP contribution is -2.47. The van der Waals surface area contributed by atoms with Crippen molar-refractivity contribution in [3.8, 4) is 11.5 Å². The maximum absolute atomic E-state index is 13.6. The van der Waals surface area contributed by atoms with Gasteiger partial charge in [-0.05, 0) is 43.2 Å². The Labute approximate surface area is 187 Å². The van der Waals surface area contributed by atoms with E-state index in [4.69, 9.17) is 9.47 Å². The Balaban J connectivity index is 1.71. The molecule has 1 aromatic carbocycles. The second-order valence-corrected chi connectivity index (χ2v) is 9.30. The lowest BCUT2D eigenvalue weighted by molar-refractivity contribution is -0.141. The van der Waals surface area contributed by atoms with Crippen LogP contribution in [0.5, 0.6) is 11.5 Å². The number of carbonyl (C=O) groups is 2. The van der Waals surface area contributed by atoms with E-state index >= 15 is 0 Å². The van der Waals surface area contributed by atoms with E-state index in [0.717, 1.165) is 43.4 Å². The van der Waals surface area contributed by atoms with Crippen molar-refractivity contribution in [3.05, 3.63) is 46.2 Å². The molecule has 2 aliphatic rings. The van der Waals surface area contributed by atoms with Crippen LogP contribution in [0.25, 0.3) is 0 Å². The number of carbonyl (C=O) groups excluding carboxylic acids is 2. The number of amides is 2. The topological polar surface area (TPSA) is 67.9 Å². The largest absolute Gasteiger partial charge is 0.493 e. The normalized spacial score (nSPS) is 17.2. The molecule has 0 unspecified atom stereocenters. The fourth-order valence-corrected chi connectivity index (χ4v) is 5.16. The molecule has 6 nitrogen and oxygen atoms in total. The highest BCUT2D eigenvalue weighted by Gasteiger charge is 2.43. The van der Waals surface area contributed by atoms with E-state index in [1.807, 2.05) is 35.7 Å². The van der Waals surface area contributed by atoms with Gasteiger partial charge in [0.1, 0.15) is 6.04 Å². The van der Waals surface area contributed by atoms with Crippen molar-refractivity contribution in [2.75, 3.05) is 14.2 Å². The summed E-state index contributed by atoms with van der Waals surface area (Å²) in [4.78, 5) is 29.9. The zero-order valence-electron chi connectivity index (χ0n) is 18.1. The number of benzene rings is 1. The molecular weight excluding hydrogens is 412 g/mol. The average molecular weight is 443 g/mol. The van der Waals surface area contributed by atoms with Gasteiger partial charge < -0.3 is 19.7 Å². The minimum absolute atomic E-state index is 0.0265. The molecule has 1 aromatic heterocycles. The Bertz CT molecular complexity index is 904. The summed E-state index contributed by atoms with van der Waals surface area (Å²) < 4.78 is 11.1. The summed E-state index contributed by atoms with van der Waals surface area (Å²) in [7, 11) is 3.15. The zero-order valence-corrected chi connectivity index (χ0v) is 19.0. The molecule has 2 saturated carbocycles. The van der Waals surface area contributed by atoms with Crippen LogP contribution in [-0.2, 0) is 16.0 Å². The van der Waals surface area contributed by atoms with Crippen molar-refractivity contribution in [3.63, 3.8) is 0 Å². The SMILES string of the molecule is COc1cccc([C@@H](C(=O)NC2CCCC2)N(C(=O)Cc2cccs2)C2CC2)c1OC. The molecule has 1 atom stereocenters. The van der Waals surface area contributed by atoms with Gasteiger partial charge in [-0.1, -0.05) is 31.0 Å². The molecule has 1 heterocycles. The number of rotatable bonds is 9. The van der Waals surface area contributed by atoms with Crippen molar-refractivity contribution in [2.45, 2.75) is 63.1 Å². The van der Waals surface area contributed by atoms with Crippen LogP contribution in [0.3, 0.4) is 0 Å². The highest BCUT2D eigenvalue weighted by atomic mass is 32.1. The van der Waals surface area contributed by atoms with E-state index in [0.29, 0.717) is 23.5 Å². The monoisotopic (exact) mass is 442 g/mol. The lowest BCUT2D eigenvalue weighted by atomic mass is 10.0. The van der Waals surface area contributed by atoms with Crippen molar-refractivity contribution in [2.24, 2.45) is 0 Å². The molecule has 1 N–H and O–H groups in total. The number of nitrogens with zero attached hydrogens (tertiary/aromatic N) is 1. The summed E-state index contributed by atoms with van der Waals surface area (Å²) >= 11 is 1.56. The summed E-state index contributed by atoms with van der Waals surface area (Å²) in [5.41, 5.74) is 0.670. The Kier molecular flexibility index (Phi) is 6.80. The van der Waals surface area contributed by atoms with Gasteiger partial charge in [-0.25, -0.2) is 0 Å². The molecule has 2 aromatic rings.